The fourth-order valence-electron chi connectivity index (χ4n) is 3.74. The number of amides is 1. The number of amidine groups is 1. The molecule has 7 heteroatoms. The molecule has 0 spiro atoms. The molecule has 0 fully saturated rings. The third-order valence-electron chi connectivity index (χ3n) is 5.32. The van der Waals surface area contributed by atoms with Gasteiger partial charge in [-0.3, -0.25) is 9.69 Å². The van der Waals surface area contributed by atoms with Crippen molar-refractivity contribution in [3.8, 4) is 11.5 Å². The molecular weight excluding hydrogens is 456 g/mol. The number of hydrogen-bond donors (Lipinski definition) is 0. The second kappa shape index (κ2) is 8.73. The van der Waals surface area contributed by atoms with Crippen LogP contribution in [0.25, 0.3) is 16.2 Å². The van der Waals surface area contributed by atoms with Gasteiger partial charge in [-0.05, 0) is 42.0 Å². The lowest BCUT2D eigenvalue weighted by Gasteiger charge is -2.17. The lowest BCUT2D eigenvalue weighted by atomic mass is 10.1. The lowest BCUT2D eigenvalue weighted by Crippen LogP contribution is -2.32. The smallest absolute Gasteiger partial charge is 0.282 e. The zero-order valence-corrected chi connectivity index (χ0v) is 19.5. The van der Waals surface area contributed by atoms with Crippen molar-refractivity contribution < 1.29 is 14.3 Å². The molecule has 5 rings (SSSR count). The Morgan fingerprint density at radius 2 is 1.67 bits per heavy atom. The number of rotatable bonds is 5. The third kappa shape index (κ3) is 3.77. The fraction of sp³-hybridized carbons (Fsp3) is 0.0769. The number of thiophene rings is 1. The molecule has 0 atom stereocenters. The molecule has 0 saturated carbocycles. The van der Waals surface area contributed by atoms with Crippen LogP contribution in [0.15, 0.2) is 83.5 Å². The Balaban J connectivity index is 1.66. The third-order valence-corrected chi connectivity index (χ3v) is 7.00. The first kappa shape index (κ1) is 21.2. The highest BCUT2D eigenvalue weighted by molar-refractivity contribution is 7.21. The normalized spacial score (nSPS) is 14.8. The van der Waals surface area contributed by atoms with Crippen LogP contribution in [-0.2, 0) is 4.79 Å². The van der Waals surface area contributed by atoms with E-state index in [9.17, 15) is 4.79 Å². The van der Waals surface area contributed by atoms with E-state index in [1.807, 2.05) is 66.7 Å². The van der Waals surface area contributed by atoms with E-state index in [-0.39, 0.29) is 5.91 Å². The minimum absolute atomic E-state index is 0.223. The summed E-state index contributed by atoms with van der Waals surface area (Å²) in [5, 5.41) is 1.54. The van der Waals surface area contributed by atoms with Crippen LogP contribution < -0.4 is 14.4 Å². The maximum atomic E-state index is 13.5. The molecule has 0 N–H and O–H groups in total. The maximum absolute atomic E-state index is 13.5. The van der Waals surface area contributed by atoms with Crippen LogP contribution in [0.3, 0.4) is 0 Å². The summed E-state index contributed by atoms with van der Waals surface area (Å²) in [6, 6.07) is 22.8. The molecule has 164 valence electrons. The predicted octanol–water partition coefficient (Wildman–Crippen LogP) is 6.41. The SMILES string of the molecule is COc1ccc(/C=C2/N=C(c3sc4ccccc4c3Cl)N(c3ccccc3)C2=O)cc1OC. The van der Waals surface area contributed by atoms with Gasteiger partial charge < -0.3 is 9.47 Å². The van der Waals surface area contributed by atoms with Gasteiger partial charge >= 0.3 is 0 Å². The summed E-state index contributed by atoms with van der Waals surface area (Å²) in [7, 11) is 3.16. The molecule has 1 amide bonds. The fourth-order valence-corrected chi connectivity index (χ4v) is 5.24. The van der Waals surface area contributed by atoms with Crippen LogP contribution in [0.1, 0.15) is 10.4 Å². The molecule has 1 aliphatic rings. The van der Waals surface area contributed by atoms with Crippen molar-refractivity contribution in [2.24, 2.45) is 4.99 Å². The summed E-state index contributed by atoms with van der Waals surface area (Å²) in [6.07, 6.45) is 1.74. The molecule has 0 unspecified atom stereocenters. The van der Waals surface area contributed by atoms with Crippen LogP contribution in [0.5, 0.6) is 11.5 Å². The van der Waals surface area contributed by atoms with Gasteiger partial charge in [0.05, 0.1) is 29.8 Å². The molecule has 0 bridgehead atoms. The number of anilines is 1. The van der Waals surface area contributed by atoms with E-state index in [1.54, 1.807) is 31.3 Å². The van der Waals surface area contributed by atoms with Crippen LogP contribution >= 0.6 is 22.9 Å². The van der Waals surface area contributed by atoms with Crippen molar-refractivity contribution >= 4 is 56.5 Å². The predicted molar refractivity (Wildman–Crippen MR) is 135 cm³/mol. The monoisotopic (exact) mass is 474 g/mol. The first-order valence-corrected chi connectivity index (χ1v) is 11.4. The van der Waals surface area contributed by atoms with Gasteiger partial charge in [0.1, 0.15) is 5.70 Å². The van der Waals surface area contributed by atoms with Crippen molar-refractivity contribution in [2.45, 2.75) is 0 Å². The second-order valence-electron chi connectivity index (χ2n) is 7.30. The van der Waals surface area contributed by atoms with Gasteiger partial charge in [0.15, 0.2) is 17.3 Å². The number of hydrogen-bond acceptors (Lipinski definition) is 5. The number of methoxy groups -OCH3 is 2. The molecular formula is C26H19ClN2O3S. The number of halogens is 1. The first-order chi connectivity index (χ1) is 16.1. The largest absolute Gasteiger partial charge is 0.493 e. The molecule has 3 aromatic carbocycles. The van der Waals surface area contributed by atoms with Crippen LogP contribution in [-0.4, -0.2) is 26.0 Å². The Morgan fingerprint density at radius 3 is 2.39 bits per heavy atom. The van der Waals surface area contributed by atoms with E-state index in [0.29, 0.717) is 28.1 Å². The van der Waals surface area contributed by atoms with E-state index in [1.165, 1.54) is 11.3 Å². The minimum atomic E-state index is -0.223. The Hall–Kier alpha value is -3.61. The molecule has 0 saturated heterocycles. The van der Waals surface area contributed by atoms with Gasteiger partial charge in [-0.15, -0.1) is 11.3 Å². The molecule has 1 aromatic heterocycles. The number of carbonyl (C=O) groups excluding carboxylic acids is 1. The van der Waals surface area contributed by atoms with Crippen molar-refractivity contribution in [3.63, 3.8) is 0 Å². The number of para-hydroxylation sites is 1. The summed E-state index contributed by atoms with van der Waals surface area (Å²) >= 11 is 8.28. The lowest BCUT2D eigenvalue weighted by molar-refractivity contribution is -0.113. The van der Waals surface area contributed by atoms with Crippen LogP contribution in [0.4, 0.5) is 5.69 Å². The Bertz CT molecular complexity index is 1430. The van der Waals surface area contributed by atoms with Crippen molar-refractivity contribution in [3.05, 3.63) is 94.0 Å². The number of fused-ring (bicyclic) bond motifs is 1. The summed E-state index contributed by atoms with van der Waals surface area (Å²) < 4.78 is 11.7. The highest BCUT2D eigenvalue weighted by Crippen LogP contribution is 2.39. The molecule has 2 heterocycles. The van der Waals surface area contributed by atoms with Crippen molar-refractivity contribution in [2.75, 3.05) is 19.1 Å². The highest BCUT2D eigenvalue weighted by Gasteiger charge is 2.34. The topological polar surface area (TPSA) is 51.1 Å². The molecule has 0 aliphatic carbocycles. The maximum Gasteiger partial charge on any atom is 0.282 e. The van der Waals surface area contributed by atoms with E-state index >= 15 is 0 Å². The van der Waals surface area contributed by atoms with E-state index in [2.05, 4.69) is 0 Å². The summed E-state index contributed by atoms with van der Waals surface area (Å²) in [5.41, 5.74) is 1.82. The zero-order valence-electron chi connectivity index (χ0n) is 17.9. The molecule has 4 aromatic rings. The summed E-state index contributed by atoms with van der Waals surface area (Å²) in [4.78, 5) is 20.7. The highest BCUT2D eigenvalue weighted by atomic mass is 35.5. The first-order valence-electron chi connectivity index (χ1n) is 10.2. The van der Waals surface area contributed by atoms with Gasteiger partial charge in [0.25, 0.3) is 5.91 Å². The second-order valence-corrected chi connectivity index (χ2v) is 8.73. The number of ether oxygens (including phenoxy) is 2. The van der Waals surface area contributed by atoms with Gasteiger partial charge in [0, 0.05) is 10.1 Å². The summed E-state index contributed by atoms with van der Waals surface area (Å²) in [6.45, 7) is 0. The minimum Gasteiger partial charge on any atom is -0.493 e. The zero-order chi connectivity index (χ0) is 22.9. The molecule has 33 heavy (non-hydrogen) atoms. The van der Waals surface area contributed by atoms with Gasteiger partial charge in [-0.2, -0.15) is 0 Å². The average Bonchev–Trinajstić information content (AvgIpc) is 3.36. The Kier molecular flexibility index (Phi) is 5.62. The molecule has 5 nitrogen and oxygen atoms in total. The molecule has 0 radical (unpaired) electrons. The van der Waals surface area contributed by atoms with E-state index in [0.717, 1.165) is 26.2 Å². The Morgan fingerprint density at radius 1 is 0.939 bits per heavy atom. The van der Waals surface area contributed by atoms with Gasteiger partial charge in [-0.25, -0.2) is 4.99 Å². The number of nitrogens with zero attached hydrogens (tertiary/aromatic N) is 2. The number of aliphatic imine (C=N–C) groups is 1. The van der Waals surface area contributed by atoms with Crippen molar-refractivity contribution in [1.29, 1.82) is 0 Å². The van der Waals surface area contributed by atoms with Gasteiger partial charge in [-0.1, -0.05) is 54.1 Å². The number of carbonyl (C=O) groups is 1. The summed E-state index contributed by atoms with van der Waals surface area (Å²) in [5.74, 6) is 1.49. The quantitative estimate of drug-likeness (QED) is 0.314. The number of benzene rings is 3. The standard InChI is InChI=1S/C26H19ClN2O3S/c1-31-20-13-12-16(15-21(20)32-2)14-19-26(30)29(17-8-4-3-5-9-17)25(28-19)24-23(27)18-10-6-7-11-22(18)33-24/h3-15H,1-2H3/b19-14+. The van der Waals surface area contributed by atoms with E-state index < -0.39 is 0 Å². The molecule has 1 aliphatic heterocycles. The van der Waals surface area contributed by atoms with Crippen LogP contribution in [0.2, 0.25) is 5.02 Å². The van der Waals surface area contributed by atoms with Crippen molar-refractivity contribution in [1.82, 2.24) is 0 Å². The Labute approximate surface area is 200 Å². The van der Waals surface area contributed by atoms with Gasteiger partial charge in [0.2, 0.25) is 0 Å². The average molecular weight is 475 g/mol. The van der Waals surface area contributed by atoms with Crippen LogP contribution in [0, 0.1) is 0 Å². The van der Waals surface area contributed by atoms with E-state index in [4.69, 9.17) is 26.1 Å².